The van der Waals surface area contributed by atoms with Crippen LogP contribution in [0.3, 0.4) is 0 Å². The Hall–Kier alpha value is -1.56. The Labute approximate surface area is 119 Å². The molecule has 2 heterocycles. The van der Waals surface area contributed by atoms with Crippen LogP contribution in [0.2, 0.25) is 0 Å². The lowest BCUT2D eigenvalue weighted by molar-refractivity contribution is 0.0155. The molecule has 20 heavy (non-hydrogen) atoms. The number of hydrogen-bond donors (Lipinski definition) is 1. The first kappa shape index (κ1) is 14.8. The van der Waals surface area contributed by atoms with Crippen LogP contribution in [0.15, 0.2) is 0 Å². The van der Waals surface area contributed by atoms with Crippen molar-refractivity contribution < 1.29 is 14.3 Å². The minimum Gasteiger partial charge on any atom is -0.461 e. The first-order chi connectivity index (χ1) is 9.47. The van der Waals surface area contributed by atoms with Crippen molar-refractivity contribution in [3.63, 3.8) is 0 Å². The quantitative estimate of drug-likeness (QED) is 0.851. The fraction of sp³-hybridized carbons (Fsp3) is 0.714. The molecule has 2 N–H and O–H groups in total. The number of carbonyl (C=O) groups is 1. The van der Waals surface area contributed by atoms with Crippen LogP contribution < -0.4 is 5.73 Å². The molecule has 6 nitrogen and oxygen atoms in total. The lowest BCUT2D eigenvalue weighted by Gasteiger charge is -2.34. The molecule has 0 saturated carbocycles. The maximum Gasteiger partial charge on any atom is 0.360 e. The second kappa shape index (κ2) is 5.83. The third kappa shape index (κ3) is 2.95. The molecule has 1 aromatic heterocycles. The number of nitrogens with zero attached hydrogens (tertiary/aromatic N) is 2. The van der Waals surface area contributed by atoms with Crippen molar-refractivity contribution in [1.29, 1.82) is 0 Å². The van der Waals surface area contributed by atoms with E-state index in [1.165, 1.54) is 0 Å². The standard InChI is InChI=1S/C14H23N3O3/c1-4-20-13(18)11-12(15)17(10(2)16-11)9-14(3)5-7-19-8-6-14/h4-9,15H2,1-3H3. The Bertz CT molecular complexity index is 490. The molecule has 0 aromatic carbocycles. The number of anilines is 1. The van der Waals surface area contributed by atoms with Crippen molar-refractivity contribution in [3.8, 4) is 0 Å². The minimum atomic E-state index is -0.455. The van der Waals surface area contributed by atoms with Crippen molar-refractivity contribution in [1.82, 2.24) is 9.55 Å². The van der Waals surface area contributed by atoms with E-state index >= 15 is 0 Å². The van der Waals surface area contributed by atoms with Crippen LogP contribution in [-0.2, 0) is 16.0 Å². The summed E-state index contributed by atoms with van der Waals surface area (Å²) in [7, 11) is 0. The van der Waals surface area contributed by atoms with Crippen LogP contribution in [0.4, 0.5) is 5.82 Å². The number of nitrogens with two attached hydrogens (primary N) is 1. The molecule has 0 aliphatic carbocycles. The Balaban J connectivity index is 2.22. The fourth-order valence-corrected chi connectivity index (χ4v) is 2.53. The number of aromatic nitrogens is 2. The van der Waals surface area contributed by atoms with Gasteiger partial charge in [-0.05, 0) is 32.1 Å². The summed E-state index contributed by atoms with van der Waals surface area (Å²) >= 11 is 0. The molecule has 2 rings (SSSR count). The van der Waals surface area contributed by atoms with Gasteiger partial charge < -0.3 is 19.8 Å². The fourth-order valence-electron chi connectivity index (χ4n) is 2.53. The summed E-state index contributed by atoms with van der Waals surface area (Å²) in [4.78, 5) is 16.1. The predicted molar refractivity (Wildman–Crippen MR) is 75.5 cm³/mol. The predicted octanol–water partition coefficient (Wildman–Crippen LogP) is 1.77. The third-order valence-corrected chi connectivity index (χ3v) is 3.91. The molecule has 0 radical (unpaired) electrons. The first-order valence-corrected chi connectivity index (χ1v) is 7.04. The zero-order chi connectivity index (χ0) is 14.8. The zero-order valence-electron chi connectivity index (χ0n) is 12.4. The first-order valence-electron chi connectivity index (χ1n) is 7.04. The second-order valence-corrected chi connectivity index (χ2v) is 5.62. The largest absolute Gasteiger partial charge is 0.461 e. The third-order valence-electron chi connectivity index (χ3n) is 3.91. The molecule has 1 aliphatic rings. The van der Waals surface area contributed by atoms with E-state index in [1.54, 1.807) is 6.92 Å². The normalized spacial score (nSPS) is 17.9. The number of carbonyl (C=O) groups excluding carboxylic acids is 1. The molecule has 0 unspecified atom stereocenters. The second-order valence-electron chi connectivity index (χ2n) is 5.62. The summed E-state index contributed by atoms with van der Waals surface area (Å²) in [5.41, 5.74) is 6.43. The van der Waals surface area contributed by atoms with Gasteiger partial charge in [0.25, 0.3) is 0 Å². The Morgan fingerprint density at radius 2 is 2.15 bits per heavy atom. The van der Waals surface area contributed by atoms with Crippen molar-refractivity contribution >= 4 is 11.8 Å². The Kier molecular flexibility index (Phi) is 4.32. The molecule has 0 spiro atoms. The summed E-state index contributed by atoms with van der Waals surface area (Å²) < 4.78 is 12.3. The summed E-state index contributed by atoms with van der Waals surface area (Å²) in [5, 5.41) is 0. The minimum absolute atomic E-state index is 0.129. The number of imidazole rings is 1. The summed E-state index contributed by atoms with van der Waals surface area (Å²) in [6.45, 7) is 8.46. The summed E-state index contributed by atoms with van der Waals surface area (Å²) in [6, 6.07) is 0. The van der Waals surface area contributed by atoms with Crippen molar-refractivity contribution in [3.05, 3.63) is 11.5 Å². The van der Waals surface area contributed by atoms with Crippen molar-refractivity contribution in [2.24, 2.45) is 5.41 Å². The van der Waals surface area contributed by atoms with Gasteiger partial charge in [-0.25, -0.2) is 9.78 Å². The van der Waals surface area contributed by atoms with E-state index in [9.17, 15) is 4.79 Å². The van der Waals surface area contributed by atoms with Crippen LogP contribution in [0, 0.1) is 12.3 Å². The molecule has 1 aromatic rings. The molecule has 6 heteroatoms. The lowest BCUT2D eigenvalue weighted by Crippen LogP contribution is -2.31. The van der Waals surface area contributed by atoms with Gasteiger partial charge >= 0.3 is 5.97 Å². The number of hydrogen-bond acceptors (Lipinski definition) is 5. The highest BCUT2D eigenvalue weighted by Crippen LogP contribution is 2.33. The monoisotopic (exact) mass is 281 g/mol. The molecular weight excluding hydrogens is 258 g/mol. The van der Waals surface area contributed by atoms with Crippen LogP contribution in [-0.4, -0.2) is 35.3 Å². The van der Waals surface area contributed by atoms with E-state index in [2.05, 4.69) is 11.9 Å². The maximum absolute atomic E-state index is 11.8. The zero-order valence-corrected chi connectivity index (χ0v) is 12.4. The maximum atomic E-state index is 11.8. The van der Waals surface area contributed by atoms with E-state index in [-0.39, 0.29) is 11.1 Å². The van der Waals surface area contributed by atoms with E-state index in [4.69, 9.17) is 15.2 Å². The van der Waals surface area contributed by atoms with Gasteiger partial charge in [0, 0.05) is 19.8 Å². The molecule has 1 saturated heterocycles. The molecule has 1 fully saturated rings. The van der Waals surface area contributed by atoms with Crippen molar-refractivity contribution in [2.45, 2.75) is 40.2 Å². The van der Waals surface area contributed by atoms with Gasteiger partial charge in [0.2, 0.25) is 0 Å². The van der Waals surface area contributed by atoms with Crippen LogP contribution in [0.25, 0.3) is 0 Å². The van der Waals surface area contributed by atoms with Gasteiger partial charge in [-0.2, -0.15) is 0 Å². The summed E-state index contributed by atoms with van der Waals surface area (Å²) in [5.74, 6) is 0.691. The number of esters is 1. The van der Waals surface area contributed by atoms with Gasteiger partial charge in [0.1, 0.15) is 11.6 Å². The average molecular weight is 281 g/mol. The molecule has 1 aliphatic heterocycles. The topological polar surface area (TPSA) is 79.4 Å². The SMILES string of the molecule is CCOC(=O)c1nc(C)n(CC2(C)CCOCC2)c1N. The van der Waals surface area contributed by atoms with E-state index in [0.29, 0.717) is 12.4 Å². The van der Waals surface area contributed by atoms with Gasteiger partial charge in [-0.15, -0.1) is 0 Å². The highest BCUT2D eigenvalue weighted by molar-refractivity contribution is 5.92. The summed E-state index contributed by atoms with van der Waals surface area (Å²) in [6.07, 6.45) is 1.97. The number of aryl methyl sites for hydroxylation is 1. The van der Waals surface area contributed by atoms with Crippen LogP contribution in [0.1, 0.15) is 43.0 Å². The smallest absolute Gasteiger partial charge is 0.360 e. The highest BCUT2D eigenvalue weighted by Gasteiger charge is 2.30. The van der Waals surface area contributed by atoms with Gasteiger partial charge in [0.15, 0.2) is 5.69 Å². The lowest BCUT2D eigenvalue weighted by atomic mass is 9.82. The van der Waals surface area contributed by atoms with E-state index in [1.807, 2.05) is 11.5 Å². The average Bonchev–Trinajstić information content (AvgIpc) is 2.68. The van der Waals surface area contributed by atoms with Gasteiger partial charge in [-0.3, -0.25) is 0 Å². The van der Waals surface area contributed by atoms with Crippen molar-refractivity contribution in [2.75, 3.05) is 25.6 Å². The molecule has 0 amide bonds. The molecule has 0 bridgehead atoms. The van der Waals surface area contributed by atoms with E-state index in [0.717, 1.165) is 38.4 Å². The van der Waals surface area contributed by atoms with Crippen LogP contribution in [0.5, 0.6) is 0 Å². The molecular formula is C14H23N3O3. The number of rotatable bonds is 4. The molecule has 112 valence electrons. The Morgan fingerprint density at radius 3 is 2.75 bits per heavy atom. The number of ether oxygens (including phenoxy) is 2. The number of nitrogen functional groups attached to an aromatic ring is 1. The molecule has 0 atom stereocenters. The highest BCUT2D eigenvalue weighted by atomic mass is 16.5. The van der Waals surface area contributed by atoms with E-state index < -0.39 is 5.97 Å². The van der Waals surface area contributed by atoms with Gasteiger partial charge in [-0.1, -0.05) is 6.92 Å². The van der Waals surface area contributed by atoms with Gasteiger partial charge in [0.05, 0.1) is 6.61 Å². The Morgan fingerprint density at radius 1 is 1.50 bits per heavy atom. The van der Waals surface area contributed by atoms with Crippen LogP contribution >= 0.6 is 0 Å².